The third kappa shape index (κ3) is 5.97. The van der Waals surface area contributed by atoms with E-state index in [1.807, 2.05) is 10.7 Å². The first kappa shape index (κ1) is 20.9. The summed E-state index contributed by atoms with van der Waals surface area (Å²) >= 11 is 0. The molecule has 0 aliphatic heterocycles. The number of rotatable bonds is 7. The Balaban J connectivity index is 0.00000441. The summed E-state index contributed by atoms with van der Waals surface area (Å²) in [6, 6.07) is 1.91. The molecule has 0 atom stereocenters. The molecule has 0 saturated carbocycles. The highest BCUT2D eigenvalue weighted by molar-refractivity contribution is 5.92. The minimum atomic E-state index is -0.124. The molecule has 22 heavy (non-hydrogen) atoms. The van der Waals surface area contributed by atoms with E-state index in [0.717, 1.165) is 25.2 Å². The quantitative estimate of drug-likeness (QED) is 0.756. The van der Waals surface area contributed by atoms with Crippen molar-refractivity contribution in [3.63, 3.8) is 0 Å². The predicted octanol–water partition coefficient (Wildman–Crippen LogP) is 2.91. The molecule has 5 nitrogen and oxygen atoms in total. The zero-order valence-electron chi connectivity index (χ0n) is 14.7. The second-order valence-corrected chi connectivity index (χ2v) is 6.70. The Morgan fingerprint density at radius 1 is 1.27 bits per heavy atom. The number of hydrogen-bond acceptors (Lipinski definition) is 3. The molecule has 0 aromatic carbocycles. The Hall–Kier alpha value is -1.07. The molecular weight excluding hydrogens is 300 g/mol. The molecule has 1 heterocycles. The molecule has 1 aromatic heterocycles. The molecule has 0 unspecified atom stereocenters. The summed E-state index contributed by atoms with van der Waals surface area (Å²) in [5.74, 6) is 0.239. The Bertz CT molecular complexity index is 463. The topological polar surface area (TPSA) is 58.9 Å². The maximum Gasteiger partial charge on any atom is 0.271 e. The van der Waals surface area contributed by atoms with E-state index >= 15 is 0 Å². The van der Waals surface area contributed by atoms with Crippen molar-refractivity contribution in [2.75, 3.05) is 19.6 Å². The van der Waals surface area contributed by atoms with Crippen LogP contribution in [0.2, 0.25) is 0 Å². The monoisotopic (exact) mass is 330 g/mol. The first-order valence-corrected chi connectivity index (χ1v) is 7.86. The van der Waals surface area contributed by atoms with Gasteiger partial charge in [-0.3, -0.25) is 9.48 Å². The number of aromatic nitrogens is 2. The molecular formula is C16H31ClN4O. The van der Waals surface area contributed by atoms with Gasteiger partial charge in [0, 0.05) is 18.8 Å². The first-order valence-electron chi connectivity index (χ1n) is 7.86. The highest BCUT2D eigenvalue weighted by Crippen LogP contribution is 2.23. The van der Waals surface area contributed by atoms with Gasteiger partial charge in [-0.25, -0.2) is 0 Å². The lowest BCUT2D eigenvalue weighted by atomic mass is 10.1. The largest absolute Gasteiger partial charge is 0.349 e. The van der Waals surface area contributed by atoms with E-state index in [2.05, 4.69) is 57.3 Å². The first-order chi connectivity index (χ1) is 9.77. The SMILES string of the molecule is CCCNCCNC(=O)c1cc(C(C)C)n(C(C)(C)C)n1.Cl. The fraction of sp³-hybridized carbons (Fsp3) is 0.750. The fourth-order valence-electron chi connectivity index (χ4n) is 2.11. The Kier molecular flexibility index (Phi) is 8.71. The number of nitrogens with zero attached hydrogens (tertiary/aromatic N) is 2. The van der Waals surface area contributed by atoms with Crippen LogP contribution in [0.1, 0.15) is 70.1 Å². The average molecular weight is 331 g/mol. The van der Waals surface area contributed by atoms with Crippen molar-refractivity contribution in [1.29, 1.82) is 0 Å². The molecule has 0 aliphatic carbocycles. The number of hydrogen-bond donors (Lipinski definition) is 2. The molecule has 0 saturated heterocycles. The van der Waals surface area contributed by atoms with E-state index in [1.54, 1.807) is 0 Å². The zero-order chi connectivity index (χ0) is 16.0. The van der Waals surface area contributed by atoms with Crippen molar-refractivity contribution in [1.82, 2.24) is 20.4 Å². The van der Waals surface area contributed by atoms with Crippen LogP contribution in [0.4, 0.5) is 0 Å². The van der Waals surface area contributed by atoms with E-state index in [-0.39, 0.29) is 23.9 Å². The molecule has 0 bridgehead atoms. The van der Waals surface area contributed by atoms with Gasteiger partial charge in [-0.2, -0.15) is 5.10 Å². The van der Waals surface area contributed by atoms with Gasteiger partial charge in [0.25, 0.3) is 5.91 Å². The second-order valence-electron chi connectivity index (χ2n) is 6.70. The average Bonchev–Trinajstić information content (AvgIpc) is 2.83. The molecule has 2 N–H and O–H groups in total. The maximum absolute atomic E-state index is 12.2. The predicted molar refractivity (Wildman–Crippen MR) is 94.1 cm³/mol. The van der Waals surface area contributed by atoms with Crippen molar-refractivity contribution in [3.05, 3.63) is 17.5 Å². The summed E-state index contributed by atoms with van der Waals surface area (Å²) in [5.41, 5.74) is 1.47. The smallest absolute Gasteiger partial charge is 0.271 e. The normalized spacial score (nSPS) is 11.4. The van der Waals surface area contributed by atoms with Crippen molar-refractivity contribution >= 4 is 18.3 Å². The van der Waals surface area contributed by atoms with Crippen LogP contribution in [0.15, 0.2) is 6.07 Å². The van der Waals surface area contributed by atoms with Crippen molar-refractivity contribution in [3.8, 4) is 0 Å². The highest BCUT2D eigenvalue weighted by Gasteiger charge is 2.23. The lowest BCUT2D eigenvalue weighted by Crippen LogP contribution is -2.32. The Labute approximate surface area is 140 Å². The number of amides is 1. The summed E-state index contributed by atoms with van der Waals surface area (Å²) in [6.07, 6.45) is 1.10. The maximum atomic E-state index is 12.2. The van der Waals surface area contributed by atoms with Crippen LogP contribution in [0.5, 0.6) is 0 Å². The molecule has 0 fully saturated rings. The van der Waals surface area contributed by atoms with Crippen LogP contribution in [0, 0.1) is 0 Å². The fourth-order valence-corrected chi connectivity index (χ4v) is 2.11. The van der Waals surface area contributed by atoms with E-state index in [1.165, 1.54) is 0 Å². The minimum absolute atomic E-state index is 0. The van der Waals surface area contributed by atoms with Gasteiger partial charge < -0.3 is 10.6 Å². The standard InChI is InChI=1S/C16H30N4O.ClH/c1-7-8-17-9-10-18-15(21)13-11-14(12(2)3)20(19-13)16(4,5)6;/h11-12,17H,7-10H2,1-6H3,(H,18,21);1H. The molecule has 1 amide bonds. The van der Waals surface area contributed by atoms with E-state index < -0.39 is 0 Å². The van der Waals surface area contributed by atoms with Crippen molar-refractivity contribution in [2.24, 2.45) is 0 Å². The van der Waals surface area contributed by atoms with Gasteiger partial charge in [-0.1, -0.05) is 20.8 Å². The third-order valence-electron chi connectivity index (χ3n) is 3.21. The summed E-state index contributed by atoms with van der Waals surface area (Å²) < 4.78 is 1.96. The minimum Gasteiger partial charge on any atom is -0.349 e. The summed E-state index contributed by atoms with van der Waals surface area (Å²) in [4.78, 5) is 12.2. The summed E-state index contributed by atoms with van der Waals surface area (Å²) in [5, 5.41) is 10.7. The van der Waals surface area contributed by atoms with Crippen molar-refractivity contribution < 1.29 is 4.79 Å². The van der Waals surface area contributed by atoms with Crippen LogP contribution < -0.4 is 10.6 Å². The van der Waals surface area contributed by atoms with Crippen molar-refractivity contribution in [2.45, 2.75) is 59.4 Å². The van der Waals surface area contributed by atoms with Gasteiger partial charge >= 0.3 is 0 Å². The van der Waals surface area contributed by atoms with Gasteiger partial charge in [0.1, 0.15) is 5.69 Å². The molecule has 0 aliphatic rings. The molecule has 6 heteroatoms. The van der Waals surface area contributed by atoms with E-state index in [0.29, 0.717) is 18.2 Å². The zero-order valence-corrected chi connectivity index (χ0v) is 15.5. The third-order valence-corrected chi connectivity index (χ3v) is 3.21. The van der Waals surface area contributed by atoms with Gasteiger partial charge in [-0.15, -0.1) is 12.4 Å². The van der Waals surface area contributed by atoms with Gasteiger partial charge in [-0.05, 0) is 45.7 Å². The Morgan fingerprint density at radius 3 is 2.36 bits per heavy atom. The molecule has 128 valence electrons. The molecule has 0 radical (unpaired) electrons. The Morgan fingerprint density at radius 2 is 1.91 bits per heavy atom. The van der Waals surface area contributed by atoms with Gasteiger partial charge in [0.05, 0.1) is 5.54 Å². The van der Waals surface area contributed by atoms with Gasteiger partial charge in [0.15, 0.2) is 0 Å². The molecule has 0 spiro atoms. The van der Waals surface area contributed by atoms with Crippen LogP contribution in [-0.2, 0) is 5.54 Å². The number of carbonyl (C=O) groups excluding carboxylic acids is 1. The highest BCUT2D eigenvalue weighted by atomic mass is 35.5. The number of carbonyl (C=O) groups is 1. The van der Waals surface area contributed by atoms with Crippen LogP contribution in [-0.4, -0.2) is 35.3 Å². The summed E-state index contributed by atoms with van der Waals surface area (Å²) in [6.45, 7) is 15.1. The van der Waals surface area contributed by atoms with Crippen LogP contribution in [0.25, 0.3) is 0 Å². The molecule has 1 aromatic rings. The van der Waals surface area contributed by atoms with Gasteiger partial charge in [0.2, 0.25) is 0 Å². The van der Waals surface area contributed by atoms with Crippen LogP contribution >= 0.6 is 12.4 Å². The van der Waals surface area contributed by atoms with E-state index in [4.69, 9.17) is 0 Å². The van der Waals surface area contributed by atoms with E-state index in [9.17, 15) is 4.79 Å². The second kappa shape index (κ2) is 9.16. The lowest BCUT2D eigenvalue weighted by molar-refractivity contribution is 0.0947. The number of halogens is 1. The summed E-state index contributed by atoms with van der Waals surface area (Å²) in [7, 11) is 0. The molecule has 1 rings (SSSR count). The number of nitrogens with one attached hydrogen (secondary N) is 2. The lowest BCUT2D eigenvalue weighted by Gasteiger charge is -2.23. The van der Waals surface area contributed by atoms with Crippen LogP contribution in [0.3, 0.4) is 0 Å².